The maximum Gasteiger partial charge on any atom is 0.123 e. The molecule has 0 saturated carbocycles. The van der Waals surface area contributed by atoms with Crippen LogP contribution in [0.1, 0.15) is 60.3 Å². The van der Waals surface area contributed by atoms with E-state index in [1.807, 2.05) is 26.0 Å². The van der Waals surface area contributed by atoms with Gasteiger partial charge < -0.3 is 4.90 Å². The van der Waals surface area contributed by atoms with Crippen LogP contribution in [-0.2, 0) is 0 Å². The third-order valence-corrected chi connectivity index (χ3v) is 7.00. The predicted octanol–water partition coefficient (Wildman–Crippen LogP) is 5.98. The molecule has 1 nitrogen and oxygen atoms in total. The SMILES string of the molecule is Cc1ccc(F)cc1C(CC1C[C@H]2CC[C@@H](C1)N2C)c1cc(F)ccc1C. The molecule has 0 radical (unpaired) electrons. The van der Waals surface area contributed by atoms with E-state index in [0.29, 0.717) is 18.0 Å². The topological polar surface area (TPSA) is 3.24 Å². The van der Waals surface area contributed by atoms with Crippen LogP contribution in [0.3, 0.4) is 0 Å². The highest BCUT2D eigenvalue weighted by Gasteiger charge is 2.39. The number of nitrogens with zero attached hydrogens (tertiary/aromatic N) is 1. The predicted molar refractivity (Wildman–Crippen MR) is 106 cm³/mol. The zero-order valence-electron chi connectivity index (χ0n) is 16.5. The molecule has 3 heteroatoms. The van der Waals surface area contributed by atoms with Gasteiger partial charge in [0, 0.05) is 18.0 Å². The molecule has 0 aromatic heterocycles. The van der Waals surface area contributed by atoms with E-state index in [2.05, 4.69) is 11.9 Å². The molecule has 2 aliphatic heterocycles. The van der Waals surface area contributed by atoms with Crippen molar-refractivity contribution in [3.05, 3.63) is 70.3 Å². The lowest BCUT2D eigenvalue weighted by atomic mass is 9.76. The average Bonchev–Trinajstić information content (AvgIpc) is 2.85. The lowest BCUT2D eigenvalue weighted by Gasteiger charge is -2.38. The number of hydrogen-bond donors (Lipinski definition) is 0. The van der Waals surface area contributed by atoms with Crippen LogP contribution in [-0.4, -0.2) is 24.0 Å². The second-order valence-electron chi connectivity index (χ2n) is 8.68. The number of hydrogen-bond acceptors (Lipinski definition) is 1. The molecule has 2 bridgehead atoms. The van der Waals surface area contributed by atoms with Gasteiger partial charge in [0.05, 0.1) is 0 Å². The summed E-state index contributed by atoms with van der Waals surface area (Å²) in [6, 6.07) is 11.4. The first-order valence-electron chi connectivity index (χ1n) is 10.2. The van der Waals surface area contributed by atoms with Gasteiger partial charge in [-0.2, -0.15) is 0 Å². The third-order valence-electron chi connectivity index (χ3n) is 7.00. The summed E-state index contributed by atoms with van der Waals surface area (Å²) in [7, 11) is 2.25. The van der Waals surface area contributed by atoms with Crippen LogP contribution in [0.25, 0.3) is 0 Å². The Morgan fingerprint density at radius 3 is 1.85 bits per heavy atom. The van der Waals surface area contributed by atoms with Gasteiger partial charge in [0.1, 0.15) is 11.6 Å². The summed E-state index contributed by atoms with van der Waals surface area (Å²) in [6.45, 7) is 4.07. The van der Waals surface area contributed by atoms with Crippen molar-refractivity contribution in [2.75, 3.05) is 7.05 Å². The van der Waals surface area contributed by atoms with Gasteiger partial charge in [-0.3, -0.25) is 0 Å². The Kier molecular flexibility index (Phi) is 5.07. The Bertz CT molecular complexity index is 766. The minimum atomic E-state index is -0.210. The molecule has 0 N–H and O–H groups in total. The van der Waals surface area contributed by atoms with Gasteiger partial charge in [-0.25, -0.2) is 8.78 Å². The molecule has 0 spiro atoms. The lowest BCUT2D eigenvalue weighted by Crippen LogP contribution is -2.40. The molecule has 2 heterocycles. The van der Waals surface area contributed by atoms with Crippen molar-refractivity contribution in [1.29, 1.82) is 0 Å². The number of fused-ring (bicyclic) bond motifs is 2. The van der Waals surface area contributed by atoms with Crippen molar-refractivity contribution in [3.8, 4) is 0 Å². The van der Waals surface area contributed by atoms with Crippen molar-refractivity contribution in [2.24, 2.45) is 5.92 Å². The zero-order chi connectivity index (χ0) is 19.1. The van der Waals surface area contributed by atoms with Crippen molar-refractivity contribution >= 4 is 0 Å². The molecule has 2 fully saturated rings. The fraction of sp³-hybridized carbons (Fsp3) is 0.500. The summed E-state index contributed by atoms with van der Waals surface area (Å²) in [5.41, 5.74) is 4.19. The van der Waals surface area contributed by atoms with Crippen LogP contribution in [0.15, 0.2) is 36.4 Å². The summed E-state index contributed by atoms with van der Waals surface area (Å²) in [5, 5.41) is 0. The maximum atomic E-state index is 14.1. The standard InChI is InChI=1S/C24H29F2N/c1-15-4-6-18(25)13-22(15)24(23-14-19(26)7-5-16(23)2)12-17-10-20-8-9-21(11-17)27(20)3/h4-7,13-14,17,20-21,24H,8-12H2,1-3H3/t17?,20-,21+. The van der Waals surface area contributed by atoms with Gasteiger partial charge in [0.2, 0.25) is 0 Å². The highest BCUT2D eigenvalue weighted by Crippen LogP contribution is 2.44. The molecular formula is C24H29F2N. The molecule has 2 aliphatic rings. The summed E-state index contributed by atoms with van der Waals surface area (Å²) in [5.74, 6) is 0.231. The van der Waals surface area contributed by atoms with Gasteiger partial charge >= 0.3 is 0 Å². The van der Waals surface area contributed by atoms with E-state index in [0.717, 1.165) is 28.7 Å². The Morgan fingerprint density at radius 1 is 0.889 bits per heavy atom. The number of halogens is 2. The summed E-state index contributed by atoms with van der Waals surface area (Å²) >= 11 is 0. The second kappa shape index (κ2) is 7.35. The minimum Gasteiger partial charge on any atom is -0.300 e. The molecular weight excluding hydrogens is 340 g/mol. The van der Waals surface area contributed by atoms with E-state index in [4.69, 9.17) is 0 Å². The van der Waals surface area contributed by atoms with Gasteiger partial charge in [0.15, 0.2) is 0 Å². The van der Waals surface area contributed by atoms with Gasteiger partial charge in [-0.05, 0) is 105 Å². The Morgan fingerprint density at radius 2 is 1.37 bits per heavy atom. The van der Waals surface area contributed by atoms with Crippen LogP contribution >= 0.6 is 0 Å². The third kappa shape index (κ3) is 3.67. The summed E-state index contributed by atoms with van der Waals surface area (Å²) in [4.78, 5) is 2.55. The van der Waals surface area contributed by atoms with Gasteiger partial charge in [-0.15, -0.1) is 0 Å². The van der Waals surface area contributed by atoms with Crippen molar-refractivity contribution in [3.63, 3.8) is 0 Å². The Hall–Kier alpha value is -1.74. The average molecular weight is 369 g/mol. The number of rotatable bonds is 4. The van der Waals surface area contributed by atoms with Crippen LogP contribution in [0.4, 0.5) is 8.78 Å². The largest absolute Gasteiger partial charge is 0.300 e. The van der Waals surface area contributed by atoms with Gasteiger partial charge in [0.25, 0.3) is 0 Å². The lowest BCUT2D eigenvalue weighted by molar-refractivity contribution is 0.127. The van der Waals surface area contributed by atoms with Crippen molar-refractivity contribution < 1.29 is 8.78 Å². The first kappa shape index (κ1) is 18.6. The highest BCUT2D eigenvalue weighted by atomic mass is 19.1. The highest BCUT2D eigenvalue weighted by molar-refractivity contribution is 5.41. The number of benzene rings is 2. The Balaban J connectivity index is 1.70. The van der Waals surface area contributed by atoms with E-state index >= 15 is 0 Å². The van der Waals surface area contributed by atoms with Crippen LogP contribution in [0, 0.1) is 31.4 Å². The molecule has 0 aliphatic carbocycles. The van der Waals surface area contributed by atoms with Crippen molar-refractivity contribution in [1.82, 2.24) is 4.90 Å². The molecule has 1 unspecified atom stereocenters. The van der Waals surface area contributed by atoms with E-state index in [9.17, 15) is 8.78 Å². The van der Waals surface area contributed by atoms with Crippen LogP contribution < -0.4 is 0 Å². The summed E-state index contributed by atoms with van der Waals surface area (Å²) < 4.78 is 28.2. The van der Waals surface area contributed by atoms with E-state index in [1.165, 1.54) is 37.8 Å². The maximum absolute atomic E-state index is 14.1. The molecule has 3 atom stereocenters. The molecule has 27 heavy (non-hydrogen) atoms. The summed E-state index contributed by atoms with van der Waals surface area (Å²) in [6.07, 6.45) is 5.95. The monoisotopic (exact) mass is 369 g/mol. The zero-order valence-corrected chi connectivity index (χ0v) is 16.5. The molecule has 2 saturated heterocycles. The van der Waals surface area contributed by atoms with Crippen LogP contribution in [0.5, 0.6) is 0 Å². The van der Waals surface area contributed by atoms with Crippen LogP contribution in [0.2, 0.25) is 0 Å². The van der Waals surface area contributed by atoms with Gasteiger partial charge in [-0.1, -0.05) is 12.1 Å². The van der Waals surface area contributed by atoms with E-state index in [1.54, 1.807) is 12.1 Å². The normalized spacial score (nSPS) is 25.3. The minimum absolute atomic E-state index is 0.0456. The fourth-order valence-corrected chi connectivity index (χ4v) is 5.44. The number of piperidine rings is 1. The molecule has 144 valence electrons. The smallest absolute Gasteiger partial charge is 0.123 e. The molecule has 2 aromatic carbocycles. The molecule has 4 rings (SSSR count). The van der Waals surface area contributed by atoms with Crippen molar-refractivity contribution in [2.45, 2.75) is 64.0 Å². The first-order chi connectivity index (χ1) is 12.9. The molecule has 2 aromatic rings. The first-order valence-corrected chi connectivity index (χ1v) is 10.2. The molecule has 0 amide bonds. The second-order valence-corrected chi connectivity index (χ2v) is 8.68. The quantitative estimate of drug-likeness (QED) is 0.641. The number of aryl methyl sites for hydroxylation is 2. The fourth-order valence-electron chi connectivity index (χ4n) is 5.44. The van der Waals surface area contributed by atoms with E-state index in [-0.39, 0.29) is 17.6 Å². The Labute approximate surface area is 161 Å². The van der Waals surface area contributed by atoms with E-state index < -0.39 is 0 Å².